The van der Waals surface area contributed by atoms with Crippen LogP contribution in [0.4, 0.5) is 4.39 Å². The molecule has 1 aromatic rings. The number of rotatable bonds is 2. The van der Waals surface area contributed by atoms with E-state index in [1.54, 1.807) is 12.1 Å². The Kier molecular flexibility index (Phi) is 4.32. The zero-order valence-corrected chi connectivity index (χ0v) is 12.9. The van der Waals surface area contributed by atoms with E-state index in [0.717, 1.165) is 30.8 Å². The maximum absolute atomic E-state index is 13.2. The van der Waals surface area contributed by atoms with E-state index in [4.69, 9.17) is 5.73 Å². The van der Waals surface area contributed by atoms with Crippen molar-refractivity contribution in [3.63, 3.8) is 0 Å². The third-order valence-electron chi connectivity index (χ3n) is 4.31. The molecule has 2 unspecified atom stereocenters. The van der Waals surface area contributed by atoms with Gasteiger partial charge in [0.25, 0.3) is 0 Å². The Morgan fingerprint density at radius 3 is 2.73 bits per heavy atom. The number of nitrogens with one attached hydrogen (secondary N) is 1. The molecular weight excluding hydrogens is 279 g/mol. The molecule has 0 aromatic heterocycles. The molecule has 1 aromatic carbocycles. The van der Waals surface area contributed by atoms with Gasteiger partial charge in [0.2, 0.25) is 0 Å². The van der Waals surface area contributed by atoms with Gasteiger partial charge in [-0.15, -0.1) is 0 Å². The van der Waals surface area contributed by atoms with Gasteiger partial charge in [-0.1, -0.05) is 25.0 Å². The third kappa shape index (κ3) is 3.24. The second kappa shape index (κ2) is 6.38. The molecule has 2 aliphatic rings. The Balaban J connectivity index is 1.90. The average Bonchev–Trinajstić information content (AvgIpc) is 2.73. The third-order valence-corrected chi connectivity index (χ3v) is 4.31. The van der Waals surface area contributed by atoms with Crippen molar-refractivity contribution in [2.24, 2.45) is 10.7 Å². The van der Waals surface area contributed by atoms with E-state index in [1.807, 2.05) is 19.1 Å². The largest absolute Gasteiger partial charge is 0.370 e. The van der Waals surface area contributed by atoms with Gasteiger partial charge in [0.15, 0.2) is 5.96 Å². The molecular formula is C17H23FN4. The Morgan fingerprint density at radius 1 is 1.23 bits per heavy atom. The van der Waals surface area contributed by atoms with Gasteiger partial charge in [0.05, 0.1) is 12.1 Å². The minimum atomic E-state index is -0.191. The summed E-state index contributed by atoms with van der Waals surface area (Å²) in [6, 6.07) is 7.19. The first kappa shape index (κ1) is 14.9. The number of nitrogens with zero attached hydrogens (tertiary/aromatic N) is 2. The molecule has 2 aliphatic heterocycles. The molecule has 3 N–H and O–H groups in total. The first-order valence-electron chi connectivity index (χ1n) is 7.98. The number of hydrogen-bond donors (Lipinski definition) is 2. The topological polar surface area (TPSA) is 53.6 Å². The minimum absolute atomic E-state index is 0.0772. The lowest BCUT2D eigenvalue weighted by Gasteiger charge is -2.36. The molecule has 1 saturated heterocycles. The van der Waals surface area contributed by atoms with Crippen molar-refractivity contribution in [1.82, 2.24) is 10.2 Å². The Bertz CT molecular complexity index is 579. The fourth-order valence-corrected chi connectivity index (χ4v) is 3.29. The highest BCUT2D eigenvalue weighted by Gasteiger charge is 2.26. The summed E-state index contributed by atoms with van der Waals surface area (Å²) in [6.07, 6.45) is 6.74. The number of likely N-dealkylation sites (tertiary alicyclic amines) is 1. The van der Waals surface area contributed by atoms with Crippen LogP contribution in [0.3, 0.4) is 0 Å². The lowest BCUT2D eigenvalue weighted by Crippen LogP contribution is -2.43. The van der Waals surface area contributed by atoms with Gasteiger partial charge < -0.3 is 16.0 Å². The van der Waals surface area contributed by atoms with Crippen molar-refractivity contribution >= 4 is 5.96 Å². The minimum Gasteiger partial charge on any atom is -0.370 e. The SMILES string of the molecule is CC1C=C(N2CCCCCC2c2ccc(F)cc2)NC(N)=N1. The van der Waals surface area contributed by atoms with E-state index in [9.17, 15) is 4.39 Å². The van der Waals surface area contributed by atoms with Gasteiger partial charge in [-0.05, 0) is 43.5 Å². The molecule has 0 amide bonds. The molecule has 2 atom stereocenters. The molecule has 1 fully saturated rings. The van der Waals surface area contributed by atoms with Gasteiger partial charge in [-0.25, -0.2) is 9.38 Å². The Labute approximate surface area is 130 Å². The quantitative estimate of drug-likeness (QED) is 0.883. The molecule has 0 spiro atoms. The highest BCUT2D eigenvalue weighted by Crippen LogP contribution is 2.33. The fourth-order valence-electron chi connectivity index (χ4n) is 3.29. The summed E-state index contributed by atoms with van der Waals surface area (Å²) in [4.78, 5) is 6.65. The molecule has 118 valence electrons. The van der Waals surface area contributed by atoms with Gasteiger partial charge in [0, 0.05) is 6.54 Å². The number of halogens is 1. The lowest BCUT2D eigenvalue weighted by atomic mass is 10.0. The maximum atomic E-state index is 13.2. The van der Waals surface area contributed by atoms with E-state index in [-0.39, 0.29) is 17.9 Å². The summed E-state index contributed by atoms with van der Waals surface area (Å²) >= 11 is 0. The summed E-state index contributed by atoms with van der Waals surface area (Å²) in [5.74, 6) is 1.30. The van der Waals surface area contributed by atoms with Gasteiger partial charge in [-0.2, -0.15) is 0 Å². The van der Waals surface area contributed by atoms with Crippen molar-refractivity contribution in [2.75, 3.05) is 6.54 Å². The number of aliphatic imine (C=N–C) groups is 1. The van der Waals surface area contributed by atoms with Crippen LogP contribution in [-0.4, -0.2) is 23.4 Å². The summed E-state index contributed by atoms with van der Waals surface area (Å²) in [6.45, 7) is 3.00. The van der Waals surface area contributed by atoms with Crippen molar-refractivity contribution in [3.8, 4) is 0 Å². The van der Waals surface area contributed by atoms with Crippen molar-refractivity contribution in [2.45, 2.75) is 44.7 Å². The van der Waals surface area contributed by atoms with Crippen LogP contribution < -0.4 is 11.1 Å². The average molecular weight is 302 g/mol. The highest BCUT2D eigenvalue weighted by molar-refractivity contribution is 5.80. The van der Waals surface area contributed by atoms with Crippen LogP contribution in [0, 0.1) is 5.82 Å². The Morgan fingerprint density at radius 2 is 2.00 bits per heavy atom. The van der Waals surface area contributed by atoms with Gasteiger partial charge >= 0.3 is 0 Å². The zero-order chi connectivity index (χ0) is 15.5. The fraction of sp³-hybridized carbons (Fsp3) is 0.471. The van der Waals surface area contributed by atoms with Gasteiger partial charge in [0.1, 0.15) is 11.6 Å². The normalized spacial score (nSPS) is 25.8. The summed E-state index contributed by atoms with van der Waals surface area (Å²) < 4.78 is 13.2. The second-order valence-corrected chi connectivity index (χ2v) is 6.04. The van der Waals surface area contributed by atoms with E-state index in [0.29, 0.717) is 5.96 Å². The summed E-state index contributed by atoms with van der Waals surface area (Å²) in [5.41, 5.74) is 7.04. The second-order valence-electron chi connectivity index (χ2n) is 6.04. The van der Waals surface area contributed by atoms with Crippen LogP contribution in [0.15, 0.2) is 41.2 Å². The first-order valence-corrected chi connectivity index (χ1v) is 7.98. The van der Waals surface area contributed by atoms with E-state index < -0.39 is 0 Å². The number of benzene rings is 1. The lowest BCUT2D eigenvalue weighted by molar-refractivity contribution is 0.247. The van der Waals surface area contributed by atoms with Crippen LogP contribution in [0.2, 0.25) is 0 Å². The van der Waals surface area contributed by atoms with Crippen LogP contribution in [0.25, 0.3) is 0 Å². The number of nitrogens with two attached hydrogens (primary N) is 1. The molecule has 4 nitrogen and oxygen atoms in total. The smallest absolute Gasteiger partial charge is 0.194 e. The molecule has 5 heteroatoms. The van der Waals surface area contributed by atoms with Crippen molar-refractivity contribution in [1.29, 1.82) is 0 Å². The van der Waals surface area contributed by atoms with Gasteiger partial charge in [-0.3, -0.25) is 0 Å². The molecule has 0 bridgehead atoms. The van der Waals surface area contributed by atoms with E-state index >= 15 is 0 Å². The van der Waals surface area contributed by atoms with Crippen molar-refractivity contribution < 1.29 is 4.39 Å². The van der Waals surface area contributed by atoms with Crippen LogP contribution >= 0.6 is 0 Å². The highest BCUT2D eigenvalue weighted by atomic mass is 19.1. The first-order chi connectivity index (χ1) is 10.6. The van der Waals surface area contributed by atoms with Crippen molar-refractivity contribution in [3.05, 3.63) is 47.5 Å². The maximum Gasteiger partial charge on any atom is 0.194 e. The summed E-state index contributed by atoms with van der Waals surface area (Å²) in [7, 11) is 0. The van der Waals surface area contributed by atoms with E-state index in [1.165, 1.54) is 12.8 Å². The van der Waals surface area contributed by atoms with Crippen LogP contribution in [-0.2, 0) is 0 Å². The Hall–Kier alpha value is -2.04. The predicted molar refractivity (Wildman–Crippen MR) is 86.6 cm³/mol. The summed E-state index contributed by atoms with van der Waals surface area (Å²) in [5, 5.41) is 3.20. The number of hydrogen-bond acceptors (Lipinski definition) is 4. The number of guanidine groups is 1. The molecule has 3 rings (SSSR count). The molecule has 0 radical (unpaired) electrons. The van der Waals surface area contributed by atoms with Crippen LogP contribution in [0.5, 0.6) is 0 Å². The standard InChI is InChI=1S/C17H23FN4/c1-12-11-16(21-17(19)20-12)22-10-4-2-3-5-15(22)13-6-8-14(18)9-7-13/h6-9,11-12,15H,2-5,10H2,1H3,(H3,19,20,21). The zero-order valence-electron chi connectivity index (χ0n) is 12.9. The molecule has 0 saturated carbocycles. The predicted octanol–water partition coefficient (Wildman–Crippen LogP) is 2.89. The van der Waals surface area contributed by atoms with E-state index in [2.05, 4.69) is 21.3 Å². The van der Waals surface area contributed by atoms with Crippen LogP contribution in [0.1, 0.15) is 44.2 Å². The monoisotopic (exact) mass is 302 g/mol. The molecule has 0 aliphatic carbocycles. The molecule has 2 heterocycles. The molecule has 22 heavy (non-hydrogen) atoms.